The molecule has 1 amide bonds. The first-order valence-electron chi connectivity index (χ1n) is 10.2. The maximum absolute atomic E-state index is 13.1. The van der Waals surface area contributed by atoms with Crippen molar-refractivity contribution >= 4 is 29.1 Å². The number of benzene rings is 1. The molecule has 3 heterocycles. The first kappa shape index (κ1) is 21.5. The van der Waals surface area contributed by atoms with Crippen LogP contribution >= 0.6 is 11.6 Å². The van der Waals surface area contributed by atoms with Crippen LogP contribution in [0.4, 0.5) is 0 Å². The molecule has 2 saturated heterocycles. The summed E-state index contributed by atoms with van der Waals surface area (Å²) in [6, 6.07) is 6.29. The molecule has 0 unspecified atom stereocenters. The van der Waals surface area contributed by atoms with Crippen molar-refractivity contribution in [3.05, 3.63) is 57.4 Å². The standard InChI is InChI=1S/C22H25ClN4O4/c1-13-17(14(2)25-24-13)20(28)18-19(15-3-5-16(23)6-4-15)27(22(30)21(18)29)8-7-26-9-11-31-12-10-26/h3-6,19,28H,7-12H2,1-2H3,(H,24,25)/b20-18+/t19-/m0/s1. The highest BCUT2D eigenvalue weighted by molar-refractivity contribution is 6.46. The third kappa shape index (κ3) is 4.11. The van der Waals surface area contributed by atoms with Gasteiger partial charge in [-0.05, 0) is 31.5 Å². The molecule has 1 atom stereocenters. The van der Waals surface area contributed by atoms with Crippen LogP contribution in [0.5, 0.6) is 0 Å². The minimum absolute atomic E-state index is 0.0712. The average molecular weight is 445 g/mol. The lowest BCUT2D eigenvalue weighted by molar-refractivity contribution is -0.140. The number of aromatic amines is 1. The van der Waals surface area contributed by atoms with Crippen LogP contribution in [-0.2, 0) is 14.3 Å². The van der Waals surface area contributed by atoms with E-state index in [1.54, 1.807) is 38.1 Å². The van der Waals surface area contributed by atoms with Gasteiger partial charge >= 0.3 is 0 Å². The molecule has 2 aliphatic rings. The van der Waals surface area contributed by atoms with E-state index in [4.69, 9.17) is 16.3 Å². The van der Waals surface area contributed by atoms with E-state index in [1.165, 1.54) is 4.90 Å². The Morgan fingerprint density at radius 2 is 1.87 bits per heavy atom. The summed E-state index contributed by atoms with van der Waals surface area (Å²) in [4.78, 5) is 29.8. The van der Waals surface area contributed by atoms with Crippen LogP contribution in [-0.4, -0.2) is 76.2 Å². The van der Waals surface area contributed by atoms with Gasteiger partial charge in [0.25, 0.3) is 11.7 Å². The summed E-state index contributed by atoms with van der Waals surface area (Å²) in [6.07, 6.45) is 0. The van der Waals surface area contributed by atoms with E-state index in [9.17, 15) is 14.7 Å². The first-order chi connectivity index (χ1) is 14.9. The third-order valence-corrected chi connectivity index (χ3v) is 6.10. The molecule has 0 bridgehead atoms. The first-order valence-corrected chi connectivity index (χ1v) is 10.6. The molecule has 9 heteroatoms. The molecule has 2 aromatic rings. The Balaban J connectivity index is 1.75. The van der Waals surface area contributed by atoms with Crippen molar-refractivity contribution in [1.29, 1.82) is 0 Å². The van der Waals surface area contributed by atoms with Gasteiger partial charge in [-0.2, -0.15) is 5.10 Å². The lowest BCUT2D eigenvalue weighted by atomic mass is 9.95. The molecular formula is C22H25ClN4O4. The lowest BCUT2D eigenvalue weighted by Gasteiger charge is -2.31. The number of halogens is 1. The number of amides is 1. The second-order valence-corrected chi connectivity index (χ2v) is 8.24. The number of nitrogens with one attached hydrogen (secondary N) is 1. The molecule has 4 rings (SSSR count). The van der Waals surface area contributed by atoms with Gasteiger partial charge in [0, 0.05) is 36.9 Å². The average Bonchev–Trinajstić information content (AvgIpc) is 3.23. The monoisotopic (exact) mass is 444 g/mol. The SMILES string of the molecule is Cc1n[nH]c(C)c1/C(O)=C1\C(=O)C(=O)N(CCN2CCOCC2)[C@H]1c1ccc(Cl)cc1. The number of morpholine rings is 1. The fourth-order valence-electron chi connectivity index (χ4n) is 4.21. The predicted molar refractivity (Wildman–Crippen MR) is 116 cm³/mol. The summed E-state index contributed by atoms with van der Waals surface area (Å²) in [5.41, 5.74) is 2.42. The number of likely N-dealkylation sites (tertiary alicyclic amines) is 1. The van der Waals surface area contributed by atoms with E-state index in [1.807, 2.05) is 0 Å². The Kier molecular flexibility index (Phi) is 6.13. The predicted octanol–water partition coefficient (Wildman–Crippen LogP) is 2.43. The van der Waals surface area contributed by atoms with Gasteiger partial charge in [-0.15, -0.1) is 0 Å². The third-order valence-electron chi connectivity index (χ3n) is 5.85. The number of nitrogens with zero attached hydrogens (tertiary/aromatic N) is 3. The van der Waals surface area contributed by atoms with Crippen LogP contribution in [0.2, 0.25) is 5.02 Å². The topological polar surface area (TPSA) is 98.8 Å². The molecule has 2 N–H and O–H groups in total. The lowest BCUT2D eigenvalue weighted by Crippen LogP contribution is -2.42. The van der Waals surface area contributed by atoms with Crippen LogP contribution in [0.3, 0.4) is 0 Å². The second-order valence-electron chi connectivity index (χ2n) is 7.81. The summed E-state index contributed by atoms with van der Waals surface area (Å²) in [6.45, 7) is 7.34. The van der Waals surface area contributed by atoms with E-state index < -0.39 is 17.7 Å². The van der Waals surface area contributed by atoms with Gasteiger partial charge in [0.05, 0.1) is 36.1 Å². The summed E-state index contributed by atoms with van der Waals surface area (Å²) in [5.74, 6) is -1.52. The van der Waals surface area contributed by atoms with E-state index in [0.29, 0.717) is 53.8 Å². The smallest absolute Gasteiger partial charge is 0.295 e. The van der Waals surface area contributed by atoms with Crippen LogP contribution in [0.1, 0.15) is 28.6 Å². The van der Waals surface area contributed by atoms with Gasteiger partial charge in [0.15, 0.2) is 0 Å². The molecule has 0 radical (unpaired) electrons. The number of aryl methyl sites for hydroxylation is 2. The molecule has 1 aromatic carbocycles. The highest BCUT2D eigenvalue weighted by atomic mass is 35.5. The largest absolute Gasteiger partial charge is 0.507 e. The molecule has 0 aliphatic carbocycles. The normalized spacial score (nSPS) is 21.8. The van der Waals surface area contributed by atoms with Crippen LogP contribution in [0.25, 0.3) is 5.76 Å². The van der Waals surface area contributed by atoms with E-state index in [2.05, 4.69) is 15.1 Å². The zero-order valence-corrected chi connectivity index (χ0v) is 18.3. The van der Waals surface area contributed by atoms with Crippen LogP contribution in [0.15, 0.2) is 29.8 Å². The minimum atomic E-state index is -0.702. The van der Waals surface area contributed by atoms with Gasteiger partial charge < -0.3 is 14.7 Å². The Morgan fingerprint density at radius 3 is 2.48 bits per heavy atom. The molecule has 2 fully saturated rings. The maximum Gasteiger partial charge on any atom is 0.295 e. The number of aromatic nitrogens is 2. The summed E-state index contributed by atoms with van der Waals surface area (Å²) >= 11 is 6.06. The highest BCUT2D eigenvalue weighted by Gasteiger charge is 2.46. The summed E-state index contributed by atoms with van der Waals surface area (Å²) in [5, 5.41) is 18.6. The molecule has 31 heavy (non-hydrogen) atoms. The number of hydrogen-bond donors (Lipinski definition) is 2. The van der Waals surface area contributed by atoms with Gasteiger partial charge in [0.1, 0.15) is 5.76 Å². The number of carbonyl (C=O) groups is 2. The molecule has 0 saturated carbocycles. The zero-order chi connectivity index (χ0) is 22.1. The van der Waals surface area contributed by atoms with E-state index in [0.717, 1.165) is 13.1 Å². The van der Waals surface area contributed by atoms with E-state index >= 15 is 0 Å². The van der Waals surface area contributed by atoms with Crippen molar-refractivity contribution in [3.8, 4) is 0 Å². The molecule has 8 nitrogen and oxygen atoms in total. The number of ketones is 1. The van der Waals surface area contributed by atoms with Crippen LogP contribution in [0, 0.1) is 13.8 Å². The van der Waals surface area contributed by atoms with Gasteiger partial charge in [0.2, 0.25) is 0 Å². The van der Waals surface area contributed by atoms with Crippen molar-refractivity contribution in [2.45, 2.75) is 19.9 Å². The molecule has 2 aliphatic heterocycles. The zero-order valence-electron chi connectivity index (χ0n) is 17.5. The molecular weight excluding hydrogens is 420 g/mol. The fraction of sp³-hybridized carbons (Fsp3) is 0.409. The summed E-state index contributed by atoms with van der Waals surface area (Å²) in [7, 11) is 0. The van der Waals surface area contributed by atoms with Crippen LogP contribution < -0.4 is 0 Å². The Bertz CT molecular complexity index is 1010. The van der Waals surface area contributed by atoms with Crippen molar-refractivity contribution in [2.24, 2.45) is 0 Å². The highest BCUT2D eigenvalue weighted by Crippen LogP contribution is 2.40. The Morgan fingerprint density at radius 1 is 1.19 bits per heavy atom. The van der Waals surface area contributed by atoms with Crippen molar-refractivity contribution in [3.63, 3.8) is 0 Å². The van der Waals surface area contributed by atoms with Gasteiger partial charge in [-0.1, -0.05) is 23.7 Å². The minimum Gasteiger partial charge on any atom is -0.507 e. The number of H-pyrrole nitrogens is 1. The second kappa shape index (κ2) is 8.82. The number of aliphatic hydroxyl groups excluding tert-OH is 1. The number of carbonyl (C=O) groups excluding carboxylic acids is 2. The van der Waals surface area contributed by atoms with Crippen molar-refractivity contribution < 1.29 is 19.4 Å². The van der Waals surface area contributed by atoms with E-state index in [-0.39, 0.29) is 11.3 Å². The number of rotatable bonds is 5. The van der Waals surface area contributed by atoms with Crippen molar-refractivity contribution in [1.82, 2.24) is 20.0 Å². The van der Waals surface area contributed by atoms with Crippen molar-refractivity contribution in [2.75, 3.05) is 39.4 Å². The molecule has 0 spiro atoms. The Labute approximate surface area is 185 Å². The number of aliphatic hydroxyl groups is 1. The molecule has 164 valence electrons. The number of ether oxygens (including phenoxy) is 1. The number of Topliss-reactive ketones (excluding diaryl/α,β-unsaturated/α-hetero) is 1. The fourth-order valence-corrected chi connectivity index (χ4v) is 4.34. The summed E-state index contributed by atoms with van der Waals surface area (Å²) < 4.78 is 5.39. The van der Waals surface area contributed by atoms with Gasteiger partial charge in [-0.3, -0.25) is 19.6 Å². The number of hydrogen-bond acceptors (Lipinski definition) is 6. The Hall–Kier alpha value is -2.68. The maximum atomic E-state index is 13.1. The quantitative estimate of drug-likeness (QED) is 0.417. The van der Waals surface area contributed by atoms with Gasteiger partial charge in [-0.25, -0.2) is 0 Å². The molecule has 1 aromatic heterocycles.